The zero-order valence-corrected chi connectivity index (χ0v) is 20.4. The van der Waals surface area contributed by atoms with Gasteiger partial charge in [0.15, 0.2) is 0 Å². The molecule has 0 spiro atoms. The number of ether oxygens (including phenoxy) is 2. The van der Waals surface area contributed by atoms with E-state index < -0.39 is 6.10 Å². The number of benzene rings is 2. The first-order valence-corrected chi connectivity index (χ1v) is 12.0. The molecule has 7 heteroatoms. The lowest BCUT2D eigenvalue weighted by Crippen LogP contribution is -2.48. The van der Waals surface area contributed by atoms with Crippen molar-refractivity contribution in [2.45, 2.75) is 26.5 Å². The number of esters is 1. The zero-order valence-electron chi connectivity index (χ0n) is 20.4. The highest BCUT2D eigenvalue weighted by Crippen LogP contribution is 2.29. The Kier molecular flexibility index (Phi) is 7.88. The molecule has 1 saturated heterocycles. The zero-order chi connectivity index (χ0) is 24.1. The number of aliphatic hydroxyl groups is 1. The van der Waals surface area contributed by atoms with Gasteiger partial charge in [0.25, 0.3) is 0 Å². The average Bonchev–Trinajstić information content (AvgIpc) is 3.09. The van der Waals surface area contributed by atoms with E-state index in [2.05, 4.69) is 34.1 Å². The molecule has 0 aliphatic carbocycles. The molecule has 0 radical (unpaired) electrons. The van der Waals surface area contributed by atoms with Gasteiger partial charge in [-0.25, -0.2) is 4.79 Å². The number of nitrogens with zero attached hydrogens (tertiary/aromatic N) is 3. The summed E-state index contributed by atoms with van der Waals surface area (Å²) in [5, 5.41) is 11.4. The molecule has 1 N–H and O–H groups in total. The maximum absolute atomic E-state index is 12.5. The fourth-order valence-electron chi connectivity index (χ4n) is 4.62. The Hall–Kier alpha value is -2.87. The van der Waals surface area contributed by atoms with Gasteiger partial charge < -0.3 is 19.1 Å². The van der Waals surface area contributed by atoms with Crippen molar-refractivity contribution in [2.75, 3.05) is 45.9 Å². The molecular formula is C27H35N3O4. The summed E-state index contributed by atoms with van der Waals surface area (Å²) >= 11 is 0. The van der Waals surface area contributed by atoms with Crippen LogP contribution in [0.1, 0.15) is 28.5 Å². The van der Waals surface area contributed by atoms with Crippen molar-refractivity contribution in [2.24, 2.45) is 7.05 Å². The normalized spacial score (nSPS) is 16.0. The number of aromatic nitrogens is 1. The number of carbonyl (C=O) groups is 1. The molecule has 0 saturated carbocycles. The number of piperazine rings is 1. The summed E-state index contributed by atoms with van der Waals surface area (Å²) in [4.78, 5) is 17.2. The maximum atomic E-state index is 12.5. The summed E-state index contributed by atoms with van der Waals surface area (Å²) in [5.41, 5.74) is 3.71. The minimum Gasteiger partial charge on any atom is -0.491 e. The number of rotatable bonds is 9. The van der Waals surface area contributed by atoms with Crippen molar-refractivity contribution in [3.8, 4) is 5.75 Å². The molecule has 1 unspecified atom stereocenters. The second-order valence-corrected chi connectivity index (χ2v) is 8.95. The Morgan fingerprint density at radius 1 is 1.06 bits per heavy atom. The standard InChI is InChI=1S/C27H35N3O4/c1-4-33-27(32)26-20(2)28(3)25-11-10-23(16-24(25)26)34-19-22(31)18-30-14-12-29(13-15-30)17-21-8-6-5-7-9-21/h5-11,16,22,31H,4,12-15,17-19H2,1-3H3. The van der Waals surface area contributed by atoms with Crippen molar-refractivity contribution in [1.82, 2.24) is 14.4 Å². The smallest absolute Gasteiger partial charge is 0.340 e. The third-order valence-corrected chi connectivity index (χ3v) is 6.57. The maximum Gasteiger partial charge on any atom is 0.340 e. The number of aliphatic hydroxyl groups excluding tert-OH is 1. The van der Waals surface area contributed by atoms with Gasteiger partial charge in [0.1, 0.15) is 18.5 Å². The lowest BCUT2D eigenvalue weighted by Gasteiger charge is -2.35. The van der Waals surface area contributed by atoms with Crippen LogP contribution >= 0.6 is 0 Å². The Morgan fingerprint density at radius 2 is 1.76 bits per heavy atom. The fourth-order valence-corrected chi connectivity index (χ4v) is 4.62. The highest BCUT2D eigenvalue weighted by Gasteiger charge is 2.22. The lowest BCUT2D eigenvalue weighted by molar-refractivity contribution is 0.0446. The molecule has 1 atom stereocenters. The quantitative estimate of drug-likeness (QED) is 0.490. The first kappa shape index (κ1) is 24.3. The van der Waals surface area contributed by atoms with Crippen LogP contribution in [0.2, 0.25) is 0 Å². The van der Waals surface area contributed by atoms with Gasteiger partial charge in [-0.2, -0.15) is 0 Å². The van der Waals surface area contributed by atoms with E-state index in [1.165, 1.54) is 5.56 Å². The van der Waals surface area contributed by atoms with E-state index in [1.54, 1.807) is 6.92 Å². The van der Waals surface area contributed by atoms with Gasteiger partial charge in [-0.3, -0.25) is 9.80 Å². The van der Waals surface area contributed by atoms with Crippen molar-refractivity contribution >= 4 is 16.9 Å². The summed E-state index contributed by atoms with van der Waals surface area (Å²) < 4.78 is 13.1. The molecule has 4 rings (SSSR count). The predicted octanol–water partition coefficient (Wildman–Crippen LogP) is 3.22. The molecule has 182 valence electrons. The molecule has 2 aromatic carbocycles. The number of aryl methyl sites for hydroxylation is 1. The van der Waals surface area contributed by atoms with Crippen LogP contribution in [-0.2, 0) is 18.3 Å². The second-order valence-electron chi connectivity index (χ2n) is 8.95. The number of β-amino-alcohol motifs (C(OH)–C–C–N with tert-alkyl or cyclic N) is 1. The van der Waals surface area contributed by atoms with E-state index in [9.17, 15) is 9.90 Å². The Labute approximate surface area is 201 Å². The first-order chi connectivity index (χ1) is 16.5. The van der Waals surface area contributed by atoms with Gasteiger partial charge >= 0.3 is 5.97 Å². The summed E-state index contributed by atoms with van der Waals surface area (Å²) in [6, 6.07) is 16.2. The third kappa shape index (κ3) is 5.60. The van der Waals surface area contributed by atoms with E-state index in [4.69, 9.17) is 9.47 Å². The van der Waals surface area contributed by atoms with Crippen LogP contribution in [0.5, 0.6) is 5.75 Å². The van der Waals surface area contributed by atoms with Crippen LogP contribution in [0, 0.1) is 6.92 Å². The van der Waals surface area contributed by atoms with Crippen molar-refractivity contribution in [3.05, 3.63) is 65.4 Å². The minimum absolute atomic E-state index is 0.205. The van der Waals surface area contributed by atoms with Gasteiger partial charge in [-0.1, -0.05) is 30.3 Å². The highest BCUT2D eigenvalue weighted by atomic mass is 16.5. The van der Waals surface area contributed by atoms with Gasteiger partial charge in [0.05, 0.1) is 12.2 Å². The molecule has 3 aromatic rings. The van der Waals surface area contributed by atoms with E-state index in [0.717, 1.165) is 49.3 Å². The minimum atomic E-state index is -0.585. The van der Waals surface area contributed by atoms with Crippen molar-refractivity contribution in [1.29, 1.82) is 0 Å². The molecule has 7 nitrogen and oxygen atoms in total. The molecule has 2 heterocycles. The van der Waals surface area contributed by atoms with Gasteiger partial charge in [-0.05, 0) is 37.6 Å². The number of carbonyl (C=O) groups excluding carboxylic acids is 1. The van der Waals surface area contributed by atoms with Crippen LogP contribution in [0.4, 0.5) is 0 Å². The monoisotopic (exact) mass is 465 g/mol. The average molecular weight is 466 g/mol. The molecule has 1 fully saturated rings. The predicted molar refractivity (Wildman–Crippen MR) is 133 cm³/mol. The van der Waals surface area contributed by atoms with E-state index >= 15 is 0 Å². The van der Waals surface area contributed by atoms with Gasteiger partial charge in [0, 0.05) is 62.9 Å². The van der Waals surface area contributed by atoms with Crippen LogP contribution in [0.15, 0.2) is 48.5 Å². The van der Waals surface area contributed by atoms with E-state index in [1.807, 2.05) is 42.8 Å². The summed E-state index contributed by atoms with van der Waals surface area (Å²) in [6.45, 7) is 9.65. The van der Waals surface area contributed by atoms with Crippen LogP contribution in [0.3, 0.4) is 0 Å². The molecular weight excluding hydrogens is 430 g/mol. The topological polar surface area (TPSA) is 67.2 Å². The summed E-state index contributed by atoms with van der Waals surface area (Å²) in [7, 11) is 1.93. The summed E-state index contributed by atoms with van der Waals surface area (Å²) in [6.07, 6.45) is -0.585. The summed E-state index contributed by atoms with van der Waals surface area (Å²) in [5.74, 6) is 0.310. The first-order valence-electron chi connectivity index (χ1n) is 12.0. The van der Waals surface area contributed by atoms with Crippen LogP contribution in [0.25, 0.3) is 10.9 Å². The van der Waals surface area contributed by atoms with Crippen LogP contribution < -0.4 is 4.74 Å². The SMILES string of the molecule is CCOC(=O)c1c(C)n(C)c2ccc(OCC(O)CN3CCN(Cc4ccccc4)CC3)cc12. The molecule has 1 aromatic heterocycles. The Balaban J connectivity index is 1.30. The van der Waals surface area contributed by atoms with Gasteiger partial charge in [-0.15, -0.1) is 0 Å². The Morgan fingerprint density at radius 3 is 2.47 bits per heavy atom. The van der Waals surface area contributed by atoms with Crippen molar-refractivity contribution in [3.63, 3.8) is 0 Å². The number of hydrogen-bond donors (Lipinski definition) is 1. The molecule has 34 heavy (non-hydrogen) atoms. The third-order valence-electron chi connectivity index (χ3n) is 6.57. The van der Waals surface area contributed by atoms with Gasteiger partial charge in [0.2, 0.25) is 0 Å². The molecule has 1 aliphatic rings. The number of fused-ring (bicyclic) bond motifs is 1. The largest absolute Gasteiger partial charge is 0.491 e. The second kappa shape index (κ2) is 11.0. The van der Waals surface area contributed by atoms with Crippen molar-refractivity contribution < 1.29 is 19.4 Å². The van der Waals surface area contributed by atoms with E-state index in [0.29, 0.717) is 24.5 Å². The number of hydrogen-bond acceptors (Lipinski definition) is 6. The highest BCUT2D eigenvalue weighted by molar-refractivity contribution is 6.06. The van der Waals surface area contributed by atoms with Crippen LogP contribution in [-0.4, -0.2) is 77.5 Å². The lowest BCUT2D eigenvalue weighted by atomic mass is 10.1. The molecule has 0 bridgehead atoms. The Bertz CT molecular complexity index is 1100. The van der Waals surface area contributed by atoms with E-state index in [-0.39, 0.29) is 12.6 Å². The fraction of sp³-hybridized carbons (Fsp3) is 0.444. The molecule has 1 aliphatic heterocycles. The molecule has 0 amide bonds.